The highest BCUT2D eigenvalue weighted by Gasteiger charge is 2.31. The van der Waals surface area contributed by atoms with Gasteiger partial charge in [0, 0.05) is 6.42 Å². The van der Waals surface area contributed by atoms with Crippen LogP contribution in [0, 0.1) is 5.92 Å². The summed E-state index contributed by atoms with van der Waals surface area (Å²) in [6, 6.07) is 5.58. The van der Waals surface area contributed by atoms with Crippen LogP contribution in [-0.4, -0.2) is 11.1 Å². The molecule has 0 spiro atoms. The Balaban J connectivity index is 1.95. The van der Waals surface area contributed by atoms with Gasteiger partial charge >= 0.3 is 12.1 Å². The average Bonchev–Trinajstić information content (AvgIpc) is 2.45. The van der Waals surface area contributed by atoms with E-state index in [0.29, 0.717) is 12.3 Å². The molecule has 0 aliphatic heterocycles. The summed E-state index contributed by atoms with van der Waals surface area (Å²) in [4.78, 5) is 10.6. The zero-order valence-electron chi connectivity index (χ0n) is 11.7. The Hall–Kier alpha value is -1.52. The van der Waals surface area contributed by atoms with Crippen molar-refractivity contribution < 1.29 is 23.1 Å². The zero-order chi connectivity index (χ0) is 15.5. The molecule has 0 saturated heterocycles. The van der Waals surface area contributed by atoms with Crippen molar-refractivity contribution in [3.05, 3.63) is 35.4 Å². The summed E-state index contributed by atoms with van der Waals surface area (Å²) >= 11 is 0. The topological polar surface area (TPSA) is 37.3 Å². The Morgan fingerprint density at radius 2 is 1.86 bits per heavy atom. The summed E-state index contributed by atoms with van der Waals surface area (Å²) in [5.41, 5.74) is 0.162. The Morgan fingerprint density at radius 1 is 1.19 bits per heavy atom. The molecule has 1 aromatic rings. The lowest BCUT2D eigenvalue weighted by atomic mass is 9.77. The fourth-order valence-electron chi connectivity index (χ4n) is 3.08. The second-order valence-corrected chi connectivity index (χ2v) is 5.77. The fraction of sp³-hybridized carbons (Fsp3) is 0.562. The largest absolute Gasteiger partial charge is 0.481 e. The van der Waals surface area contributed by atoms with Gasteiger partial charge in [0.15, 0.2) is 0 Å². The van der Waals surface area contributed by atoms with Gasteiger partial charge in [-0.1, -0.05) is 18.2 Å². The maximum absolute atomic E-state index is 12.7. The molecular weight excluding hydrogens is 281 g/mol. The molecule has 0 amide bonds. The summed E-state index contributed by atoms with van der Waals surface area (Å²) in [7, 11) is 0. The number of carboxylic acid groups (broad SMARTS) is 1. The van der Waals surface area contributed by atoms with Crippen LogP contribution >= 0.6 is 0 Å². The van der Waals surface area contributed by atoms with Gasteiger partial charge in [0.05, 0.1) is 5.56 Å². The molecular formula is C16H19F3O2. The van der Waals surface area contributed by atoms with E-state index in [1.807, 2.05) is 0 Å². The van der Waals surface area contributed by atoms with Crippen LogP contribution in [0.3, 0.4) is 0 Å². The Bertz CT molecular complexity index is 489. The smallest absolute Gasteiger partial charge is 0.416 e. The Kier molecular flexibility index (Phi) is 4.91. The highest BCUT2D eigenvalue weighted by molar-refractivity contribution is 5.66. The van der Waals surface area contributed by atoms with E-state index in [-0.39, 0.29) is 12.3 Å². The van der Waals surface area contributed by atoms with Crippen molar-refractivity contribution in [1.82, 2.24) is 0 Å². The summed E-state index contributed by atoms with van der Waals surface area (Å²) in [5, 5.41) is 8.67. The molecule has 2 rings (SSSR count). The summed E-state index contributed by atoms with van der Waals surface area (Å²) in [6.07, 6.45) is 0.0256. The van der Waals surface area contributed by atoms with Crippen molar-refractivity contribution >= 4 is 5.97 Å². The minimum absolute atomic E-state index is 0.161. The van der Waals surface area contributed by atoms with Crippen LogP contribution in [0.2, 0.25) is 0 Å². The number of carboxylic acids is 1. The van der Waals surface area contributed by atoms with Crippen molar-refractivity contribution in [3.63, 3.8) is 0 Å². The molecule has 0 bridgehead atoms. The highest BCUT2D eigenvalue weighted by atomic mass is 19.4. The SMILES string of the molecule is O=C(O)CCC1CCC(c2cccc(C(F)(F)F)c2)CC1. The Labute approximate surface area is 122 Å². The molecule has 1 fully saturated rings. The van der Waals surface area contributed by atoms with Crippen molar-refractivity contribution in [2.45, 2.75) is 50.6 Å². The van der Waals surface area contributed by atoms with Crippen LogP contribution < -0.4 is 0 Å². The van der Waals surface area contributed by atoms with Gasteiger partial charge in [-0.25, -0.2) is 0 Å². The van der Waals surface area contributed by atoms with E-state index in [1.54, 1.807) is 6.07 Å². The predicted octanol–water partition coefficient (Wildman–Crippen LogP) is 4.84. The van der Waals surface area contributed by atoms with Crippen molar-refractivity contribution in [1.29, 1.82) is 0 Å². The fourth-order valence-corrected chi connectivity index (χ4v) is 3.08. The molecule has 1 aromatic carbocycles. The average molecular weight is 300 g/mol. The van der Waals surface area contributed by atoms with Gasteiger partial charge in [-0.2, -0.15) is 13.2 Å². The van der Waals surface area contributed by atoms with E-state index in [1.165, 1.54) is 12.1 Å². The molecule has 0 unspecified atom stereocenters. The van der Waals surface area contributed by atoms with Crippen LogP contribution in [0.1, 0.15) is 55.6 Å². The summed E-state index contributed by atoms with van der Waals surface area (Å²) in [6.45, 7) is 0. The normalized spacial score (nSPS) is 23.0. The molecule has 2 nitrogen and oxygen atoms in total. The number of rotatable bonds is 4. The molecule has 21 heavy (non-hydrogen) atoms. The van der Waals surface area contributed by atoms with E-state index < -0.39 is 17.7 Å². The van der Waals surface area contributed by atoms with E-state index >= 15 is 0 Å². The van der Waals surface area contributed by atoms with Gasteiger partial charge in [0.1, 0.15) is 0 Å². The second-order valence-electron chi connectivity index (χ2n) is 5.77. The minimum atomic E-state index is -4.30. The lowest BCUT2D eigenvalue weighted by Crippen LogP contribution is -2.15. The van der Waals surface area contributed by atoms with E-state index in [4.69, 9.17) is 5.11 Å². The molecule has 1 saturated carbocycles. The lowest BCUT2D eigenvalue weighted by Gasteiger charge is -2.28. The predicted molar refractivity (Wildman–Crippen MR) is 73.0 cm³/mol. The quantitative estimate of drug-likeness (QED) is 0.863. The number of benzene rings is 1. The molecule has 0 atom stereocenters. The highest BCUT2D eigenvalue weighted by Crippen LogP contribution is 2.39. The van der Waals surface area contributed by atoms with E-state index in [9.17, 15) is 18.0 Å². The number of carbonyl (C=O) groups is 1. The third kappa shape index (κ3) is 4.48. The first-order chi connectivity index (χ1) is 9.86. The van der Waals surface area contributed by atoms with E-state index in [0.717, 1.165) is 37.3 Å². The second kappa shape index (κ2) is 6.50. The lowest BCUT2D eigenvalue weighted by molar-refractivity contribution is -0.138. The molecule has 1 aliphatic rings. The molecule has 0 aromatic heterocycles. The standard InChI is InChI=1S/C16H19F3O2/c17-16(18,19)14-3-1-2-13(10-14)12-7-4-11(5-8-12)6-9-15(20)21/h1-3,10-12H,4-9H2,(H,20,21). The molecule has 0 radical (unpaired) electrons. The van der Waals surface area contributed by atoms with Gasteiger partial charge in [-0.15, -0.1) is 0 Å². The third-order valence-electron chi connectivity index (χ3n) is 4.30. The first-order valence-electron chi connectivity index (χ1n) is 7.25. The third-order valence-corrected chi connectivity index (χ3v) is 4.30. The van der Waals surface area contributed by atoms with Crippen LogP contribution in [0.5, 0.6) is 0 Å². The van der Waals surface area contributed by atoms with Crippen molar-refractivity contribution in [3.8, 4) is 0 Å². The summed E-state index contributed by atoms with van der Waals surface area (Å²) in [5.74, 6) is -0.230. The van der Waals surface area contributed by atoms with Gasteiger partial charge in [0.25, 0.3) is 0 Å². The molecule has 0 heterocycles. The number of alkyl halides is 3. The number of aliphatic carboxylic acids is 1. The van der Waals surface area contributed by atoms with Crippen LogP contribution in [0.4, 0.5) is 13.2 Å². The number of halogens is 3. The van der Waals surface area contributed by atoms with Crippen molar-refractivity contribution in [2.24, 2.45) is 5.92 Å². The maximum Gasteiger partial charge on any atom is 0.416 e. The van der Waals surface area contributed by atoms with Crippen LogP contribution in [0.15, 0.2) is 24.3 Å². The zero-order valence-corrected chi connectivity index (χ0v) is 11.7. The molecule has 5 heteroatoms. The monoisotopic (exact) mass is 300 g/mol. The first-order valence-corrected chi connectivity index (χ1v) is 7.25. The molecule has 116 valence electrons. The van der Waals surface area contributed by atoms with E-state index in [2.05, 4.69) is 0 Å². The van der Waals surface area contributed by atoms with Crippen LogP contribution in [-0.2, 0) is 11.0 Å². The minimum Gasteiger partial charge on any atom is -0.481 e. The van der Waals surface area contributed by atoms with Crippen LogP contribution in [0.25, 0.3) is 0 Å². The first kappa shape index (κ1) is 15.9. The summed E-state index contributed by atoms with van der Waals surface area (Å²) < 4.78 is 38.2. The number of hydrogen-bond acceptors (Lipinski definition) is 1. The van der Waals surface area contributed by atoms with Gasteiger partial charge < -0.3 is 5.11 Å². The van der Waals surface area contributed by atoms with Gasteiger partial charge in [-0.3, -0.25) is 4.79 Å². The molecule has 1 aliphatic carbocycles. The van der Waals surface area contributed by atoms with Gasteiger partial charge in [-0.05, 0) is 55.6 Å². The van der Waals surface area contributed by atoms with Crippen molar-refractivity contribution in [2.75, 3.05) is 0 Å². The number of hydrogen-bond donors (Lipinski definition) is 1. The maximum atomic E-state index is 12.7. The molecule has 1 N–H and O–H groups in total. The Morgan fingerprint density at radius 3 is 2.43 bits per heavy atom. The van der Waals surface area contributed by atoms with Gasteiger partial charge in [0.2, 0.25) is 0 Å².